The normalized spacial score (nSPS) is 12.5. The van der Waals surface area contributed by atoms with Gasteiger partial charge in [0.2, 0.25) is 0 Å². The summed E-state index contributed by atoms with van der Waals surface area (Å²) >= 11 is 0. The fourth-order valence-electron chi connectivity index (χ4n) is 10.9. The van der Waals surface area contributed by atoms with Gasteiger partial charge in [0.25, 0.3) is 6.71 Å². The Labute approximate surface area is 372 Å². The Kier molecular flexibility index (Phi) is 9.32. The maximum Gasteiger partial charge on any atom is 0.252 e. The SMILES string of the molecule is Cc1cc(C)c(-c2ccc3c(c2)B2c4ccccc4N(c4ccc(-c5ccccc5)cc4)c4cc(-c5c(C)cc(C)cc5C)cc(c42)N3c2ccc(-c3ccccc3)cc2)c(C)c1. The van der Waals surface area contributed by atoms with Crippen molar-refractivity contribution < 1.29 is 0 Å². The number of rotatable bonds is 6. The molecule has 2 aliphatic rings. The molecule has 0 radical (unpaired) electrons. The Balaban J connectivity index is 1.21. The first-order chi connectivity index (χ1) is 30.7. The monoisotopic (exact) mass is 808 g/mol. The van der Waals surface area contributed by atoms with Crippen molar-refractivity contribution in [1.82, 2.24) is 0 Å². The summed E-state index contributed by atoms with van der Waals surface area (Å²) in [5, 5.41) is 0. The predicted octanol–water partition coefficient (Wildman–Crippen LogP) is 14.3. The first-order valence-corrected chi connectivity index (χ1v) is 22.2. The first kappa shape index (κ1) is 38.6. The largest absolute Gasteiger partial charge is 0.311 e. The Hall–Kier alpha value is -7.36. The highest BCUT2D eigenvalue weighted by atomic mass is 15.2. The van der Waals surface area contributed by atoms with Crippen molar-refractivity contribution in [3.8, 4) is 44.5 Å². The zero-order valence-corrected chi connectivity index (χ0v) is 36.9. The van der Waals surface area contributed by atoms with Gasteiger partial charge in [-0.3, -0.25) is 0 Å². The van der Waals surface area contributed by atoms with Crippen molar-refractivity contribution in [3.63, 3.8) is 0 Å². The molecular formula is C60H49BN2. The summed E-state index contributed by atoms with van der Waals surface area (Å²) in [6.07, 6.45) is 0. The molecular weight excluding hydrogens is 759 g/mol. The van der Waals surface area contributed by atoms with E-state index in [1.54, 1.807) is 0 Å². The molecule has 0 aromatic heterocycles. The second-order valence-electron chi connectivity index (χ2n) is 17.7. The van der Waals surface area contributed by atoms with Crippen molar-refractivity contribution in [2.45, 2.75) is 41.5 Å². The van der Waals surface area contributed by atoms with Crippen LogP contribution < -0.4 is 26.2 Å². The number of anilines is 6. The lowest BCUT2D eigenvalue weighted by Crippen LogP contribution is -2.61. The van der Waals surface area contributed by atoms with Crippen LogP contribution >= 0.6 is 0 Å². The van der Waals surface area contributed by atoms with Gasteiger partial charge >= 0.3 is 0 Å². The molecule has 3 heteroatoms. The lowest BCUT2D eigenvalue weighted by Gasteiger charge is -2.44. The van der Waals surface area contributed by atoms with E-state index < -0.39 is 0 Å². The van der Waals surface area contributed by atoms with Gasteiger partial charge in [-0.25, -0.2) is 0 Å². The molecule has 0 bridgehead atoms. The zero-order chi connectivity index (χ0) is 42.9. The highest BCUT2D eigenvalue weighted by molar-refractivity contribution is 7.00. The second kappa shape index (κ2) is 15.2. The van der Waals surface area contributed by atoms with Crippen LogP contribution in [-0.4, -0.2) is 6.71 Å². The number of fused-ring (bicyclic) bond motifs is 4. The van der Waals surface area contributed by atoms with Crippen LogP contribution in [0.25, 0.3) is 44.5 Å². The number of aryl methyl sites for hydroxylation is 6. The average Bonchev–Trinajstić information content (AvgIpc) is 3.29. The zero-order valence-electron chi connectivity index (χ0n) is 36.9. The second-order valence-corrected chi connectivity index (χ2v) is 17.7. The molecule has 0 fully saturated rings. The molecule has 0 saturated heterocycles. The van der Waals surface area contributed by atoms with E-state index >= 15 is 0 Å². The van der Waals surface area contributed by atoms with Gasteiger partial charge in [-0.2, -0.15) is 0 Å². The number of nitrogens with zero attached hydrogens (tertiary/aromatic N) is 2. The van der Waals surface area contributed by atoms with E-state index in [1.807, 2.05) is 0 Å². The molecule has 0 atom stereocenters. The van der Waals surface area contributed by atoms with Gasteiger partial charge in [0.05, 0.1) is 0 Å². The van der Waals surface area contributed by atoms with Crippen molar-refractivity contribution in [1.29, 1.82) is 0 Å². The van der Waals surface area contributed by atoms with Crippen molar-refractivity contribution in [3.05, 3.63) is 221 Å². The third kappa shape index (κ3) is 6.50. The molecule has 2 nitrogen and oxygen atoms in total. The smallest absolute Gasteiger partial charge is 0.252 e. The topological polar surface area (TPSA) is 6.48 Å². The average molecular weight is 809 g/mol. The minimum Gasteiger partial charge on any atom is -0.311 e. The number of para-hydroxylation sites is 1. The third-order valence-electron chi connectivity index (χ3n) is 13.4. The maximum atomic E-state index is 2.55. The minimum atomic E-state index is 0.00107. The van der Waals surface area contributed by atoms with Crippen LogP contribution in [0.4, 0.5) is 34.1 Å². The van der Waals surface area contributed by atoms with Crippen LogP contribution in [-0.2, 0) is 0 Å². The van der Waals surface area contributed by atoms with Gasteiger partial charge in [-0.05, 0) is 173 Å². The molecule has 0 spiro atoms. The molecule has 9 aromatic rings. The van der Waals surface area contributed by atoms with Gasteiger partial charge in [0, 0.05) is 34.1 Å². The highest BCUT2D eigenvalue weighted by Crippen LogP contribution is 2.48. The van der Waals surface area contributed by atoms with Gasteiger partial charge in [-0.1, -0.05) is 151 Å². The molecule has 63 heavy (non-hydrogen) atoms. The lowest BCUT2D eigenvalue weighted by atomic mass is 9.33. The molecule has 2 aliphatic heterocycles. The quantitative estimate of drug-likeness (QED) is 0.154. The Morgan fingerprint density at radius 1 is 0.302 bits per heavy atom. The Bertz CT molecular complexity index is 3160. The number of benzene rings is 9. The van der Waals surface area contributed by atoms with Gasteiger partial charge in [0.15, 0.2) is 0 Å². The van der Waals surface area contributed by atoms with Crippen molar-refractivity contribution in [2.24, 2.45) is 0 Å². The maximum absolute atomic E-state index is 2.55. The van der Waals surface area contributed by atoms with E-state index in [4.69, 9.17) is 0 Å². The molecule has 0 aliphatic carbocycles. The van der Waals surface area contributed by atoms with E-state index in [0.717, 1.165) is 11.4 Å². The molecule has 2 heterocycles. The summed E-state index contributed by atoms with van der Waals surface area (Å²) < 4.78 is 0. The molecule has 302 valence electrons. The summed E-state index contributed by atoms with van der Waals surface area (Å²) in [4.78, 5) is 5.08. The van der Waals surface area contributed by atoms with E-state index in [2.05, 4.69) is 239 Å². The van der Waals surface area contributed by atoms with Crippen LogP contribution in [0, 0.1) is 41.5 Å². The van der Waals surface area contributed by atoms with E-state index in [9.17, 15) is 0 Å². The molecule has 0 unspecified atom stereocenters. The highest BCUT2D eigenvalue weighted by Gasteiger charge is 2.44. The minimum absolute atomic E-state index is 0.00107. The fraction of sp³-hybridized carbons (Fsp3) is 0.100. The van der Waals surface area contributed by atoms with E-state index in [0.29, 0.717) is 0 Å². The summed E-state index contributed by atoms with van der Waals surface area (Å²) in [5.41, 5.74) is 28.8. The molecule has 0 saturated carbocycles. The Morgan fingerprint density at radius 3 is 1.19 bits per heavy atom. The fourth-order valence-corrected chi connectivity index (χ4v) is 10.9. The molecule has 0 N–H and O–H groups in total. The van der Waals surface area contributed by atoms with Crippen LogP contribution in [0.15, 0.2) is 188 Å². The van der Waals surface area contributed by atoms with Crippen molar-refractivity contribution in [2.75, 3.05) is 9.80 Å². The van der Waals surface area contributed by atoms with Crippen molar-refractivity contribution >= 4 is 57.2 Å². The lowest BCUT2D eigenvalue weighted by molar-refractivity contribution is 1.25. The van der Waals surface area contributed by atoms with Crippen LogP contribution in [0.2, 0.25) is 0 Å². The molecule has 11 rings (SSSR count). The van der Waals surface area contributed by atoms with Crippen LogP contribution in [0.3, 0.4) is 0 Å². The van der Waals surface area contributed by atoms with Crippen LogP contribution in [0.5, 0.6) is 0 Å². The van der Waals surface area contributed by atoms with E-state index in [1.165, 1.54) is 117 Å². The molecule has 9 aromatic carbocycles. The standard InChI is InChI=1S/C60H49BN2/c1-38-31-40(3)58(41(4)32-38)48-25-30-55-53(35-48)61-52-19-13-14-20-54(52)62(50-26-21-46(22-27-50)44-15-9-7-10-16-44)56-36-49(59-42(5)33-39(2)34-43(59)6)37-57(60(56)61)63(55)51-28-23-47(24-29-51)45-17-11-8-12-18-45/h7-37H,1-6H3. The van der Waals surface area contributed by atoms with E-state index in [-0.39, 0.29) is 6.71 Å². The summed E-state index contributed by atoms with van der Waals surface area (Å²) in [5.74, 6) is 0. The summed E-state index contributed by atoms with van der Waals surface area (Å²) in [6.45, 7) is 13.5. The van der Waals surface area contributed by atoms with Gasteiger partial charge in [0.1, 0.15) is 0 Å². The van der Waals surface area contributed by atoms with Gasteiger partial charge < -0.3 is 9.80 Å². The summed E-state index contributed by atoms with van der Waals surface area (Å²) in [6, 6.07) is 70.4. The third-order valence-corrected chi connectivity index (χ3v) is 13.4. The summed E-state index contributed by atoms with van der Waals surface area (Å²) in [7, 11) is 0. The van der Waals surface area contributed by atoms with Crippen LogP contribution in [0.1, 0.15) is 33.4 Å². The number of hydrogen-bond acceptors (Lipinski definition) is 2. The molecule has 0 amide bonds. The Morgan fingerprint density at radius 2 is 0.698 bits per heavy atom. The number of hydrogen-bond donors (Lipinski definition) is 0. The predicted molar refractivity (Wildman–Crippen MR) is 271 cm³/mol. The first-order valence-electron chi connectivity index (χ1n) is 22.2. The van der Waals surface area contributed by atoms with Gasteiger partial charge in [-0.15, -0.1) is 0 Å².